The van der Waals surface area contributed by atoms with Crippen LogP contribution >= 0.6 is 0 Å². The van der Waals surface area contributed by atoms with E-state index in [9.17, 15) is 0 Å². The second-order valence-corrected chi connectivity index (χ2v) is 4.10. The van der Waals surface area contributed by atoms with Gasteiger partial charge in [-0.25, -0.2) is 4.98 Å². The van der Waals surface area contributed by atoms with Crippen LogP contribution in [0.15, 0.2) is 42.6 Å². The highest BCUT2D eigenvalue weighted by Gasteiger charge is 2.39. The van der Waals surface area contributed by atoms with Gasteiger partial charge in [-0.2, -0.15) is 0 Å². The summed E-state index contributed by atoms with van der Waals surface area (Å²) in [4.78, 5) is 6.48. The van der Waals surface area contributed by atoms with Gasteiger partial charge in [0.2, 0.25) is 5.88 Å². The topological polar surface area (TPSA) is 25.4 Å². The number of fused-ring (bicyclic) bond motifs is 5. The van der Waals surface area contributed by atoms with Gasteiger partial charge in [-0.3, -0.25) is 0 Å². The lowest BCUT2D eigenvalue weighted by Crippen LogP contribution is -2.26. The summed E-state index contributed by atoms with van der Waals surface area (Å²) in [6.45, 7) is 0. The van der Waals surface area contributed by atoms with E-state index in [1.807, 2.05) is 6.07 Å². The van der Waals surface area contributed by atoms with Gasteiger partial charge in [0.05, 0.1) is 0 Å². The molecule has 3 nitrogen and oxygen atoms in total. The Morgan fingerprint density at radius 2 is 2.00 bits per heavy atom. The molecule has 0 amide bonds. The molecule has 3 heteroatoms. The molecule has 0 aliphatic carbocycles. The van der Waals surface area contributed by atoms with E-state index in [1.54, 1.807) is 6.20 Å². The van der Waals surface area contributed by atoms with Gasteiger partial charge in [0, 0.05) is 18.3 Å². The molecule has 2 aliphatic rings. The Balaban J connectivity index is 1.93. The van der Waals surface area contributed by atoms with Gasteiger partial charge in [0.25, 0.3) is 0 Å². The number of hydrogen-bond acceptors (Lipinski definition) is 3. The Morgan fingerprint density at radius 1 is 1.12 bits per heavy atom. The maximum atomic E-state index is 5.83. The van der Waals surface area contributed by atoms with Gasteiger partial charge >= 0.3 is 0 Å². The minimum absolute atomic E-state index is 0.0994. The van der Waals surface area contributed by atoms with Crippen LogP contribution in [0, 0.1) is 0 Å². The zero-order chi connectivity index (χ0) is 10.5. The molecule has 78 valence electrons. The number of benzene rings is 1. The van der Waals surface area contributed by atoms with Crippen LogP contribution in [0.4, 0.5) is 11.4 Å². The van der Waals surface area contributed by atoms with Crippen LogP contribution in [0.1, 0.15) is 5.56 Å². The quantitative estimate of drug-likeness (QED) is 0.668. The first-order chi connectivity index (χ1) is 7.93. The third kappa shape index (κ3) is 0.902. The molecule has 0 bridgehead atoms. The predicted octanol–water partition coefficient (Wildman–Crippen LogP) is 2.49. The molecular formula is C13H10N2O. The lowest BCUT2D eigenvalue weighted by molar-refractivity contribution is 0.236. The van der Waals surface area contributed by atoms with Crippen LogP contribution in [0.2, 0.25) is 0 Å². The lowest BCUT2D eigenvalue weighted by atomic mass is 10.1. The fourth-order valence-corrected chi connectivity index (χ4v) is 2.52. The molecule has 0 spiro atoms. The molecule has 1 aromatic carbocycles. The molecule has 4 rings (SSSR count). The molecule has 0 fully saturated rings. The summed E-state index contributed by atoms with van der Waals surface area (Å²) in [6, 6.07) is 12.4. The van der Waals surface area contributed by atoms with Crippen molar-refractivity contribution in [1.82, 2.24) is 4.98 Å². The normalized spacial score (nSPS) is 20.0. The van der Waals surface area contributed by atoms with E-state index < -0.39 is 0 Å². The van der Waals surface area contributed by atoms with Gasteiger partial charge in [-0.05, 0) is 23.8 Å². The molecule has 2 aromatic rings. The average Bonchev–Trinajstić information content (AvgIpc) is 2.83. The van der Waals surface area contributed by atoms with E-state index in [-0.39, 0.29) is 6.23 Å². The molecule has 1 atom stereocenters. The summed E-state index contributed by atoms with van der Waals surface area (Å²) in [6.07, 6.45) is 2.81. The number of hydrogen-bond donors (Lipinski definition) is 0. The van der Waals surface area contributed by atoms with Crippen molar-refractivity contribution >= 4 is 11.4 Å². The van der Waals surface area contributed by atoms with Gasteiger partial charge in [-0.15, -0.1) is 0 Å². The van der Waals surface area contributed by atoms with Crippen LogP contribution in [0.25, 0.3) is 0 Å². The molecule has 0 N–H and O–H groups in total. The number of para-hydroxylation sites is 1. The number of nitrogens with zero attached hydrogens (tertiary/aromatic N) is 2. The number of rotatable bonds is 0. The SMILES string of the molecule is c1ccc2c(c1)CC1Oc3ncccc3N21. The maximum absolute atomic E-state index is 5.83. The van der Waals surface area contributed by atoms with E-state index in [0.29, 0.717) is 0 Å². The fraction of sp³-hybridized carbons (Fsp3) is 0.154. The van der Waals surface area contributed by atoms with Crippen LogP contribution in [0.3, 0.4) is 0 Å². The first-order valence-electron chi connectivity index (χ1n) is 5.42. The fourth-order valence-electron chi connectivity index (χ4n) is 2.52. The van der Waals surface area contributed by atoms with Crippen molar-refractivity contribution in [2.75, 3.05) is 4.90 Å². The average molecular weight is 210 g/mol. The summed E-state index contributed by atoms with van der Waals surface area (Å²) in [5.41, 5.74) is 3.68. The van der Waals surface area contributed by atoms with E-state index in [4.69, 9.17) is 4.74 Å². The van der Waals surface area contributed by atoms with Crippen molar-refractivity contribution in [3.05, 3.63) is 48.2 Å². The monoisotopic (exact) mass is 210 g/mol. The van der Waals surface area contributed by atoms with Gasteiger partial charge in [0.1, 0.15) is 5.69 Å². The first-order valence-corrected chi connectivity index (χ1v) is 5.42. The summed E-state index contributed by atoms with van der Waals surface area (Å²) in [7, 11) is 0. The van der Waals surface area contributed by atoms with Crippen molar-refractivity contribution in [2.45, 2.75) is 12.6 Å². The van der Waals surface area contributed by atoms with Crippen LogP contribution in [0.5, 0.6) is 5.88 Å². The summed E-state index contributed by atoms with van der Waals surface area (Å²) in [5, 5.41) is 0. The Kier molecular flexibility index (Phi) is 1.41. The number of aromatic nitrogens is 1. The van der Waals surface area contributed by atoms with Crippen molar-refractivity contribution in [3.8, 4) is 5.88 Å². The van der Waals surface area contributed by atoms with Crippen molar-refractivity contribution in [1.29, 1.82) is 0 Å². The third-order valence-corrected chi connectivity index (χ3v) is 3.19. The lowest BCUT2D eigenvalue weighted by Gasteiger charge is -2.16. The molecule has 16 heavy (non-hydrogen) atoms. The smallest absolute Gasteiger partial charge is 0.239 e. The third-order valence-electron chi connectivity index (χ3n) is 3.19. The standard InChI is InChI=1S/C13H10N2O/c1-2-5-10-9(4-1)8-12-15(10)11-6-3-7-14-13(11)16-12/h1-7,12H,8H2. The zero-order valence-electron chi connectivity index (χ0n) is 8.63. The molecule has 2 aliphatic heterocycles. The minimum atomic E-state index is 0.0994. The molecule has 0 saturated heterocycles. The Morgan fingerprint density at radius 3 is 3.00 bits per heavy atom. The number of pyridine rings is 1. The maximum Gasteiger partial charge on any atom is 0.239 e. The van der Waals surface area contributed by atoms with Gasteiger partial charge in [-0.1, -0.05) is 18.2 Å². The predicted molar refractivity (Wildman–Crippen MR) is 60.9 cm³/mol. The molecule has 0 radical (unpaired) electrons. The Hall–Kier alpha value is -2.03. The molecule has 1 aromatic heterocycles. The first kappa shape index (κ1) is 8.16. The van der Waals surface area contributed by atoms with Crippen molar-refractivity contribution < 1.29 is 4.74 Å². The van der Waals surface area contributed by atoms with E-state index in [1.165, 1.54) is 11.3 Å². The van der Waals surface area contributed by atoms with Gasteiger partial charge < -0.3 is 9.64 Å². The van der Waals surface area contributed by atoms with Crippen molar-refractivity contribution in [3.63, 3.8) is 0 Å². The highest BCUT2D eigenvalue weighted by atomic mass is 16.5. The molecule has 0 saturated carbocycles. The zero-order valence-corrected chi connectivity index (χ0v) is 8.63. The second-order valence-electron chi connectivity index (χ2n) is 4.10. The summed E-state index contributed by atoms with van der Waals surface area (Å²) in [5.74, 6) is 0.752. The van der Waals surface area contributed by atoms with E-state index in [2.05, 4.69) is 40.2 Å². The van der Waals surface area contributed by atoms with Gasteiger partial charge in [0.15, 0.2) is 6.23 Å². The molecule has 3 heterocycles. The number of ether oxygens (including phenoxy) is 1. The van der Waals surface area contributed by atoms with Crippen LogP contribution in [-0.4, -0.2) is 11.2 Å². The van der Waals surface area contributed by atoms with Crippen LogP contribution < -0.4 is 9.64 Å². The molecular weight excluding hydrogens is 200 g/mol. The summed E-state index contributed by atoms with van der Waals surface area (Å²) >= 11 is 0. The minimum Gasteiger partial charge on any atom is -0.451 e. The summed E-state index contributed by atoms with van der Waals surface area (Å²) < 4.78 is 5.83. The largest absolute Gasteiger partial charge is 0.451 e. The Labute approximate surface area is 93.3 Å². The second kappa shape index (κ2) is 2.76. The highest BCUT2D eigenvalue weighted by Crippen LogP contribution is 2.46. The molecule has 1 unspecified atom stereocenters. The van der Waals surface area contributed by atoms with Crippen LogP contribution in [-0.2, 0) is 6.42 Å². The highest BCUT2D eigenvalue weighted by molar-refractivity contribution is 5.75. The van der Waals surface area contributed by atoms with E-state index in [0.717, 1.165) is 18.0 Å². The van der Waals surface area contributed by atoms with E-state index >= 15 is 0 Å². The number of anilines is 2. The Bertz CT molecular complexity index is 518. The van der Waals surface area contributed by atoms with Crippen molar-refractivity contribution in [2.24, 2.45) is 0 Å².